The second kappa shape index (κ2) is 11.5. The minimum absolute atomic E-state index is 0. The molecule has 4 N–H and O–H groups in total. The molecule has 0 aliphatic rings. The molecular weight excluding hydrogens is 246 g/mol. The monoisotopic (exact) mass is 254 g/mol. The maximum absolute atomic E-state index is 8.58. The van der Waals surface area contributed by atoms with Gasteiger partial charge in [0.2, 0.25) is 0 Å². The van der Waals surface area contributed by atoms with E-state index < -0.39 is 18.1 Å². The Labute approximate surface area is 103 Å². The SMILES string of the molecule is O[Si](O)(O)O.[Al+3].[Li+].[O-][Si]([O-])([O-])[O-].[SiH4]. The summed E-state index contributed by atoms with van der Waals surface area (Å²) in [6.07, 6.45) is 0. The molecule has 0 fully saturated rings. The summed E-state index contributed by atoms with van der Waals surface area (Å²) in [4.78, 5) is 63.6. The molecule has 0 bridgehead atoms. The van der Waals surface area contributed by atoms with Crippen LogP contribution in [0.2, 0.25) is 0 Å². The van der Waals surface area contributed by atoms with E-state index in [1.807, 2.05) is 0 Å². The van der Waals surface area contributed by atoms with Crippen LogP contribution in [0.5, 0.6) is 0 Å². The zero-order valence-corrected chi connectivity index (χ0v) is 9.15. The molecule has 0 aromatic heterocycles. The number of hydrogen-bond donors (Lipinski definition) is 4. The second-order valence-electron chi connectivity index (χ2n) is 1.10. The number of hydrogen-bond acceptors (Lipinski definition) is 8. The van der Waals surface area contributed by atoms with E-state index in [2.05, 4.69) is 0 Å². The molecule has 0 saturated heterocycles. The molecule has 0 aliphatic carbocycles. The van der Waals surface area contributed by atoms with Gasteiger partial charge in [-0.05, 0) is 11.0 Å². The fourth-order valence-corrected chi connectivity index (χ4v) is 0. The zero-order valence-electron chi connectivity index (χ0n) is 6.00. The van der Waals surface area contributed by atoms with Crippen molar-refractivity contribution in [2.45, 2.75) is 0 Å². The largest absolute Gasteiger partial charge is 3.00 e. The molecule has 0 radical (unpaired) electrons. The number of rotatable bonds is 0. The summed E-state index contributed by atoms with van der Waals surface area (Å²) in [6.45, 7) is 0. The Balaban J connectivity index is -0.0000000267. The molecule has 0 rings (SSSR count). The third-order valence-corrected chi connectivity index (χ3v) is 0. The van der Waals surface area contributed by atoms with E-state index >= 15 is 0 Å². The first-order chi connectivity index (χ1) is 4.00. The van der Waals surface area contributed by atoms with Crippen LogP contribution >= 0.6 is 0 Å². The summed E-state index contributed by atoms with van der Waals surface area (Å²) < 4.78 is 0. The summed E-state index contributed by atoms with van der Waals surface area (Å²) in [6, 6.07) is 0. The summed E-state index contributed by atoms with van der Waals surface area (Å²) in [5, 5.41) is 0. The molecule has 0 spiro atoms. The van der Waals surface area contributed by atoms with Crippen LogP contribution in [-0.4, -0.2) is 65.6 Å². The van der Waals surface area contributed by atoms with Gasteiger partial charge in [-0.15, -0.1) is 0 Å². The molecule has 72 valence electrons. The van der Waals surface area contributed by atoms with Crippen LogP contribution in [-0.2, 0) is 0 Å². The van der Waals surface area contributed by atoms with Crippen LogP contribution in [0, 0.1) is 0 Å². The van der Waals surface area contributed by atoms with Gasteiger partial charge in [-0.25, -0.2) is 0 Å². The quantitative estimate of drug-likeness (QED) is 0.308. The van der Waals surface area contributed by atoms with E-state index in [9.17, 15) is 0 Å². The second-order valence-corrected chi connectivity index (χ2v) is 3.30. The normalized spacial score (nSPS) is 9.23. The first-order valence-corrected chi connectivity index (χ1v) is 5.13. The van der Waals surface area contributed by atoms with Crippen molar-refractivity contribution in [2.75, 3.05) is 0 Å². The van der Waals surface area contributed by atoms with Gasteiger partial charge in [-0.3, -0.25) is 0 Å². The summed E-state index contributed by atoms with van der Waals surface area (Å²) >= 11 is 0. The molecule has 0 atom stereocenters. The van der Waals surface area contributed by atoms with E-state index in [0.717, 1.165) is 0 Å². The molecule has 0 aromatic rings. The first kappa shape index (κ1) is 29.3. The topological polar surface area (TPSA) is 173 Å². The van der Waals surface area contributed by atoms with Gasteiger partial charge >= 0.3 is 45.3 Å². The van der Waals surface area contributed by atoms with Crippen LogP contribution in [0.4, 0.5) is 0 Å². The van der Waals surface area contributed by atoms with E-state index in [4.69, 9.17) is 38.4 Å². The predicted octanol–water partition coefficient (Wildman–Crippen LogP) is -12.6. The maximum atomic E-state index is 8.58. The van der Waals surface area contributed by atoms with Gasteiger partial charge in [0, 0.05) is 0 Å². The minimum Gasteiger partial charge on any atom is -0.894 e. The Bertz CT molecular complexity index is 62.4. The molecule has 0 aromatic carbocycles. The van der Waals surface area contributed by atoms with Gasteiger partial charge in [-0.1, -0.05) is 0 Å². The van der Waals surface area contributed by atoms with Gasteiger partial charge in [0.05, 0.1) is 0 Å². The Morgan fingerprint density at radius 3 is 0.769 bits per heavy atom. The third kappa shape index (κ3) is 829. The molecule has 0 unspecified atom stereocenters. The first-order valence-electron chi connectivity index (χ1n) is 1.71. The van der Waals surface area contributed by atoms with Gasteiger partial charge in [0.25, 0.3) is 0 Å². The average Bonchev–Trinajstić information content (AvgIpc) is 1.12. The maximum Gasteiger partial charge on any atom is 3.00 e. The summed E-state index contributed by atoms with van der Waals surface area (Å²) in [5.41, 5.74) is 0. The molecular formula is H8AlLiO8Si3. The van der Waals surface area contributed by atoms with Crippen molar-refractivity contribution >= 4 is 46.4 Å². The van der Waals surface area contributed by atoms with Gasteiger partial charge in [-0.2, -0.15) is 0 Å². The van der Waals surface area contributed by atoms with Crippen molar-refractivity contribution in [3.8, 4) is 0 Å². The molecule has 0 saturated carbocycles. The van der Waals surface area contributed by atoms with Crippen LogP contribution in [0.25, 0.3) is 0 Å². The summed E-state index contributed by atoms with van der Waals surface area (Å²) in [7, 11) is -10.2. The zero-order chi connectivity index (χ0) is 9.00. The molecule has 0 heterocycles. The average molecular weight is 254 g/mol. The fraction of sp³-hybridized carbons (Fsp3) is 0. The fourth-order valence-electron chi connectivity index (χ4n) is 0. The smallest absolute Gasteiger partial charge is 0.894 e. The van der Waals surface area contributed by atoms with Crippen LogP contribution in [0.15, 0.2) is 0 Å². The molecule has 13 heteroatoms. The molecule has 13 heavy (non-hydrogen) atoms. The van der Waals surface area contributed by atoms with Crippen LogP contribution in [0.1, 0.15) is 0 Å². The minimum atomic E-state index is -5.61. The van der Waals surface area contributed by atoms with Gasteiger partial charge in [0.15, 0.2) is 0 Å². The van der Waals surface area contributed by atoms with Crippen molar-refractivity contribution in [1.82, 2.24) is 0 Å². The van der Waals surface area contributed by atoms with E-state index in [1.165, 1.54) is 0 Å². The van der Waals surface area contributed by atoms with Crippen LogP contribution < -0.4 is 38.0 Å². The molecule has 0 amide bonds. The summed E-state index contributed by atoms with van der Waals surface area (Å²) in [5.74, 6) is 0. The Kier molecular flexibility index (Phi) is 26.0. The van der Waals surface area contributed by atoms with Crippen molar-refractivity contribution in [2.24, 2.45) is 0 Å². The Morgan fingerprint density at radius 2 is 0.769 bits per heavy atom. The van der Waals surface area contributed by atoms with Crippen molar-refractivity contribution in [1.29, 1.82) is 0 Å². The standard InChI is InChI=1S/Al.Li.H4O4Si.O4Si.H4Si/c;;2*1-5(2,3)4;/h;;1-4H;;1H4/q+3;+1;;-4;. The Morgan fingerprint density at radius 1 is 0.769 bits per heavy atom. The van der Waals surface area contributed by atoms with Crippen molar-refractivity contribution < 1.29 is 57.2 Å². The molecule has 8 nitrogen and oxygen atoms in total. The van der Waals surface area contributed by atoms with Crippen LogP contribution in [0.3, 0.4) is 0 Å². The van der Waals surface area contributed by atoms with E-state index in [1.54, 1.807) is 0 Å². The Hall–Kier alpha value is 1.46. The van der Waals surface area contributed by atoms with E-state index in [0.29, 0.717) is 0 Å². The van der Waals surface area contributed by atoms with Crippen molar-refractivity contribution in [3.63, 3.8) is 0 Å². The van der Waals surface area contributed by atoms with E-state index in [-0.39, 0.29) is 47.2 Å². The van der Waals surface area contributed by atoms with Gasteiger partial charge < -0.3 is 47.4 Å². The predicted molar refractivity (Wildman–Crippen MR) is 37.5 cm³/mol. The van der Waals surface area contributed by atoms with Crippen molar-refractivity contribution in [3.05, 3.63) is 0 Å². The molecule has 0 aliphatic heterocycles. The van der Waals surface area contributed by atoms with Gasteiger partial charge in [0.1, 0.15) is 0 Å². The third-order valence-electron chi connectivity index (χ3n) is 0.